The van der Waals surface area contributed by atoms with Gasteiger partial charge in [-0.3, -0.25) is 0 Å². The second-order valence-electron chi connectivity index (χ2n) is 2.86. The molecule has 0 aliphatic carbocycles. The fourth-order valence-electron chi connectivity index (χ4n) is 1.13. The van der Waals surface area contributed by atoms with Gasteiger partial charge < -0.3 is 21.3 Å². The van der Waals surface area contributed by atoms with E-state index in [0.29, 0.717) is 17.8 Å². The summed E-state index contributed by atoms with van der Waals surface area (Å²) < 4.78 is 0. The zero-order chi connectivity index (χ0) is 10.0. The van der Waals surface area contributed by atoms with E-state index in [1.165, 1.54) is 6.07 Å². The molecule has 4 heteroatoms. The first kappa shape index (κ1) is 9.51. The standard InChI is InChI=1S/C9H14N2O2/c1-3-11-6-4-7(12)8(10)5(2)9(6)13/h4,11-13H,3,10H2,1-2H3. The summed E-state index contributed by atoms with van der Waals surface area (Å²) >= 11 is 0. The van der Waals surface area contributed by atoms with Crippen molar-refractivity contribution in [2.24, 2.45) is 0 Å². The lowest BCUT2D eigenvalue weighted by Crippen LogP contribution is -1.99. The third-order valence-corrected chi connectivity index (χ3v) is 1.94. The quantitative estimate of drug-likeness (QED) is 0.317. The minimum absolute atomic E-state index is 0.00810. The van der Waals surface area contributed by atoms with Gasteiger partial charge in [0.1, 0.15) is 11.5 Å². The minimum atomic E-state index is -0.00810. The van der Waals surface area contributed by atoms with Gasteiger partial charge >= 0.3 is 0 Å². The Morgan fingerprint density at radius 2 is 2.08 bits per heavy atom. The van der Waals surface area contributed by atoms with Crippen molar-refractivity contribution in [2.45, 2.75) is 13.8 Å². The van der Waals surface area contributed by atoms with Crippen LogP contribution in [0.25, 0.3) is 0 Å². The van der Waals surface area contributed by atoms with Crippen molar-refractivity contribution < 1.29 is 10.2 Å². The van der Waals surface area contributed by atoms with Gasteiger partial charge in [0, 0.05) is 18.2 Å². The number of rotatable bonds is 2. The molecular formula is C9H14N2O2. The number of anilines is 2. The Balaban J connectivity index is 3.24. The molecule has 1 rings (SSSR count). The van der Waals surface area contributed by atoms with E-state index in [0.717, 1.165) is 0 Å². The fourth-order valence-corrected chi connectivity index (χ4v) is 1.13. The van der Waals surface area contributed by atoms with Crippen molar-refractivity contribution in [1.29, 1.82) is 0 Å². The molecule has 0 aliphatic heterocycles. The highest BCUT2D eigenvalue weighted by atomic mass is 16.3. The first-order valence-corrected chi connectivity index (χ1v) is 4.12. The molecule has 72 valence electrons. The first-order chi connectivity index (χ1) is 6.07. The highest BCUT2D eigenvalue weighted by Crippen LogP contribution is 2.37. The zero-order valence-corrected chi connectivity index (χ0v) is 7.76. The predicted molar refractivity (Wildman–Crippen MR) is 53.1 cm³/mol. The summed E-state index contributed by atoms with van der Waals surface area (Å²) in [5, 5.41) is 21.9. The number of benzene rings is 1. The van der Waals surface area contributed by atoms with Crippen LogP contribution >= 0.6 is 0 Å². The molecule has 0 aromatic heterocycles. The van der Waals surface area contributed by atoms with Gasteiger partial charge in [-0.2, -0.15) is 0 Å². The second kappa shape index (κ2) is 3.43. The van der Waals surface area contributed by atoms with E-state index >= 15 is 0 Å². The summed E-state index contributed by atoms with van der Waals surface area (Å²) in [4.78, 5) is 0. The summed E-state index contributed by atoms with van der Waals surface area (Å²) in [6.07, 6.45) is 0. The number of nitrogen functional groups attached to an aromatic ring is 1. The fraction of sp³-hybridized carbons (Fsp3) is 0.333. The number of phenols is 2. The molecule has 0 bridgehead atoms. The van der Waals surface area contributed by atoms with Gasteiger partial charge in [-0.25, -0.2) is 0 Å². The van der Waals surface area contributed by atoms with Crippen LogP contribution in [0.2, 0.25) is 0 Å². The van der Waals surface area contributed by atoms with Crippen molar-refractivity contribution in [1.82, 2.24) is 0 Å². The van der Waals surface area contributed by atoms with Crippen LogP contribution in [0.1, 0.15) is 12.5 Å². The lowest BCUT2D eigenvalue weighted by molar-refractivity contribution is 0.461. The summed E-state index contributed by atoms with van der Waals surface area (Å²) in [5.41, 5.74) is 6.73. The number of nitrogens with one attached hydrogen (secondary N) is 1. The number of hydrogen-bond acceptors (Lipinski definition) is 4. The van der Waals surface area contributed by atoms with Crippen molar-refractivity contribution in [2.75, 3.05) is 17.6 Å². The third kappa shape index (κ3) is 1.61. The van der Waals surface area contributed by atoms with Crippen LogP contribution in [-0.2, 0) is 0 Å². The summed E-state index contributed by atoms with van der Waals surface area (Å²) in [5.74, 6) is 0.0865. The Kier molecular flexibility index (Phi) is 2.51. The van der Waals surface area contributed by atoms with Crippen LogP contribution in [0.4, 0.5) is 11.4 Å². The van der Waals surface area contributed by atoms with E-state index in [9.17, 15) is 10.2 Å². The van der Waals surface area contributed by atoms with Gasteiger partial charge in [0.25, 0.3) is 0 Å². The second-order valence-corrected chi connectivity index (χ2v) is 2.86. The number of aromatic hydroxyl groups is 2. The lowest BCUT2D eigenvalue weighted by Gasteiger charge is -2.11. The van der Waals surface area contributed by atoms with Gasteiger partial charge in [-0.1, -0.05) is 0 Å². The van der Waals surface area contributed by atoms with Crippen LogP contribution in [0.3, 0.4) is 0 Å². The average Bonchev–Trinajstić information content (AvgIpc) is 2.11. The van der Waals surface area contributed by atoms with Gasteiger partial charge in [-0.15, -0.1) is 0 Å². The Hall–Kier alpha value is -1.58. The third-order valence-electron chi connectivity index (χ3n) is 1.94. The maximum atomic E-state index is 9.58. The van der Waals surface area contributed by atoms with E-state index in [1.807, 2.05) is 6.92 Å². The van der Waals surface area contributed by atoms with Crippen LogP contribution in [0.15, 0.2) is 6.07 Å². The van der Waals surface area contributed by atoms with E-state index in [-0.39, 0.29) is 17.2 Å². The molecule has 1 aromatic rings. The summed E-state index contributed by atoms with van der Waals surface area (Å²) in [6.45, 7) is 4.24. The molecule has 0 aliphatic rings. The van der Waals surface area contributed by atoms with Crippen LogP contribution < -0.4 is 11.1 Å². The molecular weight excluding hydrogens is 168 g/mol. The zero-order valence-electron chi connectivity index (χ0n) is 7.76. The Labute approximate surface area is 77.0 Å². The van der Waals surface area contributed by atoms with Gasteiger partial charge in [-0.05, 0) is 13.8 Å². The SMILES string of the molecule is CCNc1cc(O)c(N)c(C)c1O. The van der Waals surface area contributed by atoms with Crippen LogP contribution in [0, 0.1) is 6.92 Å². The van der Waals surface area contributed by atoms with E-state index in [2.05, 4.69) is 5.32 Å². The highest BCUT2D eigenvalue weighted by Gasteiger charge is 2.10. The normalized spacial score (nSPS) is 10.0. The Morgan fingerprint density at radius 1 is 1.46 bits per heavy atom. The molecule has 1 aromatic carbocycles. The summed E-state index contributed by atoms with van der Waals surface area (Å²) in [6, 6.07) is 1.42. The Morgan fingerprint density at radius 3 is 2.62 bits per heavy atom. The molecule has 4 nitrogen and oxygen atoms in total. The highest BCUT2D eigenvalue weighted by molar-refractivity contribution is 5.73. The number of phenolic OH excluding ortho intramolecular Hbond substituents is 2. The van der Waals surface area contributed by atoms with Gasteiger partial charge in [0.15, 0.2) is 0 Å². The predicted octanol–water partition coefficient (Wildman–Crippen LogP) is 1.42. The lowest BCUT2D eigenvalue weighted by atomic mass is 10.1. The molecule has 13 heavy (non-hydrogen) atoms. The molecule has 0 fully saturated rings. The molecule has 0 saturated carbocycles. The average molecular weight is 182 g/mol. The Bertz CT molecular complexity index is 324. The van der Waals surface area contributed by atoms with Crippen molar-refractivity contribution in [3.8, 4) is 11.5 Å². The monoisotopic (exact) mass is 182 g/mol. The first-order valence-electron chi connectivity index (χ1n) is 4.12. The maximum Gasteiger partial charge on any atom is 0.143 e. The summed E-state index contributed by atoms with van der Waals surface area (Å²) in [7, 11) is 0. The van der Waals surface area contributed by atoms with E-state index in [4.69, 9.17) is 5.73 Å². The topological polar surface area (TPSA) is 78.5 Å². The molecule has 0 atom stereocenters. The van der Waals surface area contributed by atoms with Crippen LogP contribution in [-0.4, -0.2) is 16.8 Å². The minimum Gasteiger partial charge on any atom is -0.506 e. The smallest absolute Gasteiger partial charge is 0.143 e. The van der Waals surface area contributed by atoms with Gasteiger partial charge in [0.2, 0.25) is 0 Å². The molecule has 0 heterocycles. The number of hydrogen-bond donors (Lipinski definition) is 4. The van der Waals surface area contributed by atoms with Crippen LogP contribution in [0.5, 0.6) is 11.5 Å². The molecule has 0 radical (unpaired) electrons. The largest absolute Gasteiger partial charge is 0.506 e. The molecule has 0 amide bonds. The van der Waals surface area contributed by atoms with Gasteiger partial charge in [0.05, 0.1) is 11.4 Å². The van der Waals surface area contributed by atoms with Crippen molar-refractivity contribution in [3.63, 3.8) is 0 Å². The molecule has 0 saturated heterocycles. The van der Waals surface area contributed by atoms with Crippen molar-refractivity contribution >= 4 is 11.4 Å². The molecule has 0 unspecified atom stereocenters. The van der Waals surface area contributed by atoms with E-state index < -0.39 is 0 Å². The maximum absolute atomic E-state index is 9.58. The van der Waals surface area contributed by atoms with E-state index in [1.54, 1.807) is 6.92 Å². The number of nitrogens with two attached hydrogens (primary N) is 1. The van der Waals surface area contributed by atoms with Crippen molar-refractivity contribution in [3.05, 3.63) is 11.6 Å². The molecule has 0 spiro atoms. The molecule has 5 N–H and O–H groups in total.